The minimum Gasteiger partial charge on any atom is -0.486 e. The van der Waals surface area contributed by atoms with Gasteiger partial charge in [0, 0.05) is 16.9 Å². The van der Waals surface area contributed by atoms with Crippen LogP contribution in [0.4, 0.5) is 0 Å². The van der Waals surface area contributed by atoms with Crippen molar-refractivity contribution < 1.29 is 4.74 Å². The van der Waals surface area contributed by atoms with Gasteiger partial charge in [-0.2, -0.15) is 0 Å². The molecule has 0 saturated carbocycles. The van der Waals surface area contributed by atoms with E-state index in [0.29, 0.717) is 17.7 Å². The van der Waals surface area contributed by atoms with Crippen LogP contribution in [-0.4, -0.2) is 4.57 Å². The molecule has 3 rings (SSSR count). The van der Waals surface area contributed by atoms with Gasteiger partial charge in [-0.15, -0.1) is 0 Å². The summed E-state index contributed by atoms with van der Waals surface area (Å²) in [4.78, 5) is 0. The van der Waals surface area contributed by atoms with Gasteiger partial charge in [0.1, 0.15) is 12.4 Å². The number of nitrogens with zero attached hydrogens (tertiary/aromatic N) is 1. The number of benzene rings is 2. The van der Waals surface area contributed by atoms with Gasteiger partial charge in [-0.3, -0.25) is 0 Å². The summed E-state index contributed by atoms with van der Waals surface area (Å²) in [7, 11) is 0. The zero-order valence-electron chi connectivity index (χ0n) is 13.1. The Labute approximate surface area is 136 Å². The van der Waals surface area contributed by atoms with Crippen LogP contribution >= 0.6 is 11.6 Å². The molecule has 0 unspecified atom stereocenters. The highest BCUT2D eigenvalue weighted by molar-refractivity contribution is 6.32. The van der Waals surface area contributed by atoms with Crippen molar-refractivity contribution in [2.45, 2.75) is 33.4 Å². The van der Waals surface area contributed by atoms with Crippen LogP contribution in [0.15, 0.2) is 48.5 Å². The largest absolute Gasteiger partial charge is 0.486 e. The van der Waals surface area contributed by atoms with E-state index in [-0.39, 0.29) is 0 Å². The van der Waals surface area contributed by atoms with Crippen LogP contribution in [0.5, 0.6) is 5.75 Å². The summed E-state index contributed by atoms with van der Waals surface area (Å²) < 4.78 is 8.25. The molecular weight excluding hydrogens is 294 g/mol. The maximum Gasteiger partial charge on any atom is 0.138 e. The molecular formula is C19H20ClNO. The quantitative estimate of drug-likeness (QED) is 0.597. The zero-order valence-corrected chi connectivity index (χ0v) is 13.9. The summed E-state index contributed by atoms with van der Waals surface area (Å²) in [5.41, 5.74) is 3.69. The second kappa shape index (κ2) is 6.05. The Morgan fingerprint density at radius 3 is 2.59 bits per heavy atom. The summed E-state index contributed by atoms with van der Waals surface area (Å²) in [5, 5.41) is 1.89. The first-order valence-corrected chi connectivity index (χ1v) is 7.92. The highest BCUT2D eigenvalue weighted by Crippen LogP contribution is 2.28. The fourth-order valence-electron chi connectivity index (χ4n) is 2.82. The number of hydrogen-bond donors (Lipinski definition) is 0. The Hall–Kier alpha value is -1.93. The van der Waals surface area contributed by atoms with Crippen molar-refractivity contribution in [3.63, 3.8) is 0 Å². The minimum atomic E-state index is 0.379. The van der Waals surface area contributed by atoms with Crippen LogP contribution in [0.2, 0.25) is 5.02 Å². The minimum absolute atomic E-state index is 0.379. The molecule has 0 aliphatic rings. The number of hydrogen-bond acceptors (Lipinski definition) is 1. The standard InChI is InChI=1S/C19H20ClNO/c1-13(2)21-16(11-15-9-8-14(3)10-18(15)21)12-22-19-7-5-4-6-17(19)20/h4-11,13H,12H2,1-3H3. The van der Waals surface area contributed by atoms with Crippen LogP contribution in [-0.2, 0) is 6.61 Å². The molecule has 0 bridgehead atoms. The Kier molecular flexibility index (Phi) is 4.12. The number of ether oxygens (including phenoxy) is 1. The molecule has 2 nitrogen and oxygen atoms in total. The molecule has 0 saturated heterocycles. The van der Waals surface area contributed by atoms with Gasteiger partial charge in [0.05, 0.1) is 10.7 Å². The van der Waals surface area contributed by atoms with Gasteiger partial charge < -0.3 is 9.30 Å². The number of aryl methyl sites for hydroxylation is 1. The lowest BCUT2D eigenvalue weighted by atomic mass is 10.2. The molecule has 0 aliphatic carbocycles. The molecule has 1 heterocycles. The third-order valence-corrected chi connectivity index (χ3v) is 4.12. The van der Waals surface area contributed by atoms with E-state index in [1.165, 1.54) is 16.5 Å². The van der Waals surface area contributed by atoms with Crippen molar-refractivity contribution in [2.24, 2.45) is 0 Å². The van der Waals surface area contributed by atoms with Crippen LogP contribution in [0, 0.1) is 6.92 Å². The number of para-hydroxylation sites is 1. The monoisotopic (exact) mass is 313 g/mol. The van der Waals surface area contributed by atoms with E-state index in [1.807, 2.05) is 24.3 Å². The maximum absolute atomic E-state index is 6.16. The average Bonchev–Trinajstić information content (AvgIpc) is 2.84. The first-order chi connectivity index (χ1) is 10.6. The lowest BCUT2D eigenvalue weighted by molar-refractivity contribution is 0.293. The van der Waals surface area contributed by atoms with Crippen molar-refractivity contribution in [1.82, 2.24) is 4.57 Å². The molecule has 0 N–H and O–H groups in total. The smallest absolute Gasteiger partial charge is 0.138 e. The number of fused-ring (bicyclic) bond motifs is 1. The average molecular weight is 314 g/mol. The third kappa shape index (κ3) is 2.84. The second-order valence-electron chi connectivity index (χ2n) is 5.88. The van der Waals surface area contributed by atoms with Crippen LogP contribution in [0.1, 0.15) is 31.1 Å². The summed E-state index contributed by atoms with van der Waals surface area (Å²) in [6, 6.07) is 16.7. The normalized spacial score (nSPS) is 11.3. The van der Waals surface area contributed by atoms with Gasteiger partial charge in [0.25, 0.3) is 0 Å². The predicted molar refractivity (Wildman–Crippen MR) is 92.8 cm³/mol. The predicted octanol–water partition coefficient (Wildman–Crippen LogP) is 5.76. The van der Waals surface area contributed by atoms with Crippen molar-refractivity contribution in [3.8, 4) is 5.75 Å². The van der Waals surface area contributed by atoms with Crippen molar-refractivity contribution in [3.05, 3.63) is 64.8 Å². The fraction of sp³-hybridized carbons (Fsp3) is 0.263. The molecule has 0 aliphatic heterocycles. The van der Waals surface area contributed by atoms with E-state index in [4.69, 9.17) is 16.3 Å². The number of aromatic nitrogens is 1. The van der Waals surface area contributed by atoms with Gasteiger partial charge in [0.15, 0.2) is 0 Å². The van der Waals surface area contributed by atoms with Gasteiger partial charge in [-0.25, -0.2) is 0 Å². The zero-order chi connectivity index (χ0) is 15.7. The number of halogens is 1. The highest BCUT2D eigenvalue weighted by Gasteiger charge is 2.12. The first kappa shape index (κ1) is 15.0. The molecule has 114 valence electrons. The van der Waals surface area contributed by atoms with Gasteiger partial charge in [-0.1, -0.05) is 35.9 Å². The highest BCUT2D eigenvalue weighted by atomic mass is 35.5. The summed E-state index contributed by atoms with van der Waals surface area (Å²) in [6.45, 7) is 7.02. The van der Waals surface area contributed by atoms with E-state index in [1.54, 1.807) is 0 Å². The van der Waals surface area contributed by atoms with Crippen LogP contribution in [0.3, 0.4) is 0 Å². The number of rotatable bonds is 4. The molecule has 3 heteroatoms. The first-order valence-electron chi connectivity index (χ1n) is 7.54. The summed E-state index contributed by atoms with van der Waals surface area (Å²) in [6.07, 6.45) is 0. The van der Waals surface area contributed by atoms with Crippen LogP contribution in [0.25, 0.3) is 10.9 Å². The molecule has 1 aromatic heterocycles. The Morgan fingerprint density at radius 1 is 1.09 bits per heavy atom. The van der Waals surface area contributed by atoms with Gasteiger partial charge in [-0.05, 0) is 50.6 Å². The lowest BCUT2D eigenvalue weighted by Crippen LogP contribution is -2.08. The Morgan fingerprint density at radius 2 is 1.86 bits per heavy atom. The van der Waals surface area contributed by atoms with Crippen molar-refractivity contribution in [1.29, 1.82) is 0 Å². The van der Waals surface area contributed by atoms with E-state index in [0.717, 1.165) is 11.4 Å². The molecule has 0 atom stereocenters. The Bertz CT molecular complexity index is 804. The summed E-state index contributed by atoms with van der Waals surface area (Å²) in [5.74, 6) is 0.723. The van der Waals surface area contributed by atoms with E-state index in [9.17, 15) is 0 Å². The van der Waals surface area contributed by atoms with Crippen molar-refractivity contribution >= 4 is 22.5 Å². The van der Waals surface area contributed by atoms with Crippen LogP contribution < -0.4 is 4.74 Å². The molecule has 0 radical (unpaired) electrons. The van der Waals surface area contributed by atoms with Gasteiger partial charge in [0.2, 0.25) is 0 Å². The van der Waals surface area contributed by atoms with Gasteiger partial charge >= 0.3 is 0 Å². The molecule has 0 fully saturated rings. The van der Waals surface area contributed by atoms with E-state index in [2.05, 4.69) is 49.6 Å². The second-order valence-corrected chi connectivity index (χ2v) is 6.29. The Balaban J connectivity index is 1.96. The molecule has 2 aromatic carbocycles. The van der Waals surface area contributed by atoms with E-state index >= 15 is 0 Å². The molecule has 22 heavy (non-hydrogen) atoms. The lowest BCUT2D eigenvalue weighted by Gasteiger charge is -2.16. The summed E-state index contributed by atoms with van der Waals surface area (Å²) >= 11 is 6.16. The topological polar surface area (TPSA) is 14.2 Å². The fourth-order valence-corrected chi connectivity index (χ4v) is 3.01. The molecule has 0 amide bonds. The van der Waals surface area contributed by atoms with Crippen molar-refractivity contribution in [2.75, 3.05) is 0 Å². The third-order valence-electron chi connectivity index (χ3n) is 3.81. The molecule has 3 aromatic rings. The molecule has 0 spiro atoms. The maximum atomic E-state index is 6.16. The SMILES string of the molecule is Cc1ccc2cc(COc3ccccc3Cl)n(C(C)C)c2c1. The van der Waals surface area contributed by atoms with E-state index < -0.39 is 0 Å².